The molecule has 0 spiro atoms. The lowest BCUT2D eigenvalue weighted by Crippen LogP contribution is -2.33. The summed E-state index contributed by atoms with van der Waals surface area (Å²) in [6, 6.07) is 23.5. The second-order valence-corrected chi connectivity index (χ2v) is 11.8. The molecule has 2 N–H and O–H groups in total. The van der Waals surface area contributed by atoms with Crippen molar-refractivity contribution in [2.75, 3.05) is 5.75 Å². The second-order valence-electron chi connectivity index (χ2n) is 10.8. The van der Waals surface area contributed by atoms with Crippen LogP contribution in [0.3, 0.4) is 0 Å². The van der Waals surface area contributed by atoms with E-state index in [-0.39, 0.29) is 22.4 Å². The third-order valence-electron chi connectivity index (χ3n) is 8.03. The minimum atomic E-state index is -4.81. The van der Waals surface area contributed by atoms with Crippen LogP contribution < -0.4 is 16.0 Å². The van der Waals surface area contributed by atoms with Gasteiger partial charge in [0.1, 0.15) is 23.1 Å². The molecule has 0 fully saturated rings. The number of hydrogen-bond donors (Lipinski definition) is 1. The fourth-order valence-electron chi connectivity index (χ4n) is 5.78. The average molecular weight is 635 g/mol. The van der Waals surface area contributed by atoms with E-state index >= 15 is 8.78 Å². The number of hydrogen-bond acceptors (Lipinski definition) is 4. The van der Waals surface area contributed by atoms with Crippen molar-refractivity contribution in [2.24, 2.45) is 5.73 Å². The van der Waals surface area contributed by atoms with Gasteiger partial charge in [-0.15, -0.1) is 11.8 Å². The van der Waals surface area contributed by atoms with Crippen molar-refractivity contribution in [3.8, 4) is 22.6 Å². The van der Waals surface area contributed by atoms with Gasteiger partial charge < -0.3 is 10.5 Å². The topological polar surface area (TPSA) is 57.2 Å². The summed E-state index contributed by atoms with van der Waals surface area (Å²) in [5, 5.41) is 0.387. The molecule has 0 saturated heterocycles. The molecule has 0 saturated carbocycles. The van der Waals surface area contributed by atoms with E-state index in [1.165, 1.54) is 28.5 Å². The lowest BCUT2D eigenvalue weighted by Gasteiger charge is -2.25. The molecule has 6 rings (SSSR count). The van der Waals surface area contributed by atoms with Crippen molar-refractivity contribution in [3.05, 3.63) is 147 Å². The first-order chi connectivity index (χ1) is 21.5. The molecule has 10 heteroatoms. The first-order valence-corrected chi connectivity index (χ1v) is 15.1. The molecular weight excluding hydrogens is 607 g/mol. The van der Waals surface area contributed by atoms with Crippen LogP contribution >= 0.6 is 11.8 Å². The number of rotatable bonds is 7. The van der Waals surface area contributed by atoms with Crippen LogP contribution in [0.15, 0.2) is 107 Å². The summed E-state index contributed by atoms with van der Waals surface area (Å²) in [6.07, 6.45) is -5.28. The molecule has 2 unspecified atom stereocenters. The number of ether oxygens (including phenoxy) is 1. The van der Waals surface area contributed by atoms with E-state index < -0.39 is 53.0 Å². The quantitative estimate of drug-likeness (QED) is 0.182. The molecule has 5 aromatic rings. The highest BCUT2D eigenvalue weighted by molar-refractivity contribution is 7.99. The Morgan fingerprint density at radius 2 is 1.58 bits per heavy atom. The predicted octanol–water partition coefficient (Wildman–Crippen LogP) is 8.85. The van der Waals surface area contributed by atoms with E-state index in [2.05, 4.69) is 0 Å². The molecule has 4 aromatic carbocycles. The Bertz CT molecular complexity index is 1930. The van der Waals surface area contributed by atoms with Gasteiger partial charge in [-0.2, -0.15) is 13.2 Å². The molecule has 0 aliphatic carbocycles. The smallest absolute Gasteiger partial charge is 0.416 e. The lowest BCUT2D eigenvalue weighted by molar-refractivity contribution is -0.138. The predicted molar refractivity (Wildman–Crippen MR) is 165 cm³/mol. The molecule has 45 heavy (non-hydrogen) atoms. The largest absolute Gasteiger partial charge is 0.457 e. The number of halogens is 5. The summed E-state index contributed by atoms with van der Waals surface area (Å²) in [7, 11) is 0. The summed E-state index contributed by atoms with van der Waals surface area (Å²) in [4.78, 5) is 14.3. The fraction of sp³-hybridized carbons (Fsp3) is 0.171. The van der Waals surface area contributed by atoms with Gasteiger partial charge in [0.2, 0.25) is 0 Å². The maximum absolute atomic E-state index is 15.8. The number of thioether (sulfide) groups is 1. The Kier molecular flexibility index (Phi) is 8.28. The zero-order chi connectivity index (χ0) is 31.9. The first-order valence-electron chi connectivity index (χ1n) is 14.1. The number of nitrogens with two attached hydrogens (primary N) is 1. The number of nitrogens with zero attached hydrogens (tertiary/aromatic N) is 1. The van der Waals surface area contributed by atoms with Gasteiger partial charge in [0.15, 0.2) is 0 Å². The van der Waals surface area contributed by atoms with Crippen molar-refractivity contribution < 1.29 is 26.7 Å². The Morgan fingerprint density at radius 1 is 0.889 bits per heavy atom. The van der Waals surface area contributed by atoms with Gasteiger partial charge in [0.05, 0.1) is 28.2 Å². The lowest BCUT2D eigenvalue weighted by atomic mass is 9.92. The molecule has 2 atom stereocenters. The van der Waals surface area contributed by atoms with Crippen LogP contribution in [0.5, 0.6) is 11.5 Å². The van der Waals surface area contributed by atoms with Crippen LogP contribution in [-0.2, 0) is 12.6 Å². The maximum atomic E-state index is 15.8. The molecule has 1 aliphatic rings. The van der Waals surface area contributed by atoms with Crippen LogP contribution in [0.4, 0.5) is 22.0 Å². The van der Waals surface area contributed by atoms with E-state index in [4.69, 9.17) is 10.5 Å². The third-order valence-corrected chi connectivity index (χ3v) is 9.25. The van der Waals surface area contributed by atoms with Crippen LogP contribution in [0.25, 0.3) is 11.1 Å². The van der Waals surface area contributed by atoms with Gasteiger partial charge in [-0.3, -0.25) is 9.36 Å². The number of alkyl halides is 3. The van der Waals surface area contributed by atoms with Crippen molar-refractivity contribution in [3.63, 3.8) is 0 Å². The number of para-hydroxylation sites is 1. The van der Waals surface area contributed by atoms with Crippen molar-refractivity contribution in [1.82, 2.24) is 4.57 Å². The summed E-state index contributed by atoms with van der Waals surface area (Å²) in [6.45, 7) is 1.56. The first kappa shape index (κ1) is 30.6. The third kappa shape index (κ3) is 5.87. The SMILES string of the molecule is Cc1c(Cc2c(F)cccc2C(F)(F)F)c2n(c(=O)c1-c1ccc(Oc3ccccc3)cc1F)C(C(N)c1ccccc1)CS2. The molecule has 1 aromatic heterocycles. The summed E-state index contributed by atoms with van der Waals surface area (Å²) < 4.78 is 80.2. The second kappa shape index (κ2) is 12.2. The summed E-state index contributed by atoms with van der Waals surface area (Å²) in [5.74, 6) is -0.753. The van der Waals surface area contributed by atoms with E-state index in [0.717, 1.165) is 29.8 Å². The van der Waals surface area contributed by atoms with Crippen molar-refractivity contribution in [1.29, 1.82) is 0 Å². The molecule has 0 bridgehead atoms. The monoisotopic (exact) mass is 634 g/mol. The Morgan fingerprint density at radius 3 is 2.24 bits per heavy atom. The van der Waals surface area contributed by atoms with Crippen LogP contribution in [0.2, 0.25) is 0 Å². The fourth-order valence-corrected chi connectivity index (χ4v) is 7.22. The molecular formula is C35H27F5N2O2S. The summed E-state index contributed by atoms with van der Waals surface area (Å²) in [5.41, 5.74) is 5.71. The molecule has 0 amide bonds. The van der Waals surface area contributed by atoms with Gasteiger partial charge in [-0.05, 0) is 60.0 Å². The zero-order valence-corrected chi connectivity index (χ0v) is 24.8. The van der Waals surface area contributed by atoms with Crippen LogP contribution in [-0.4, -0.2) is 10.3 Å². The van der Waals surface area contributed by atoms with Gasteiger partial charge in [-0.25, -0.2) is 8.78 Å². The van der Waals surface area contributed by atoms with E-state index in [9.17, 15) is 18.0 Å². The Labute approximate surface area is 260 Å². The molecule has 0 radical (unpaired) electrons. The maximum Gasteiger partial charge on any atom is 0.416 e. The summed E-state index contributed by atoms with van der Waals surface area (Å²) >= 11 is 1.27. The van der Waals surface area contributed by atoms with Crippen LogP contribution in [0.1, 0.15) is 39.9 Å². The number of aromatic nitrogens is 1. The van der Waals surface area contributed by atoms with Crippen LogP contribution in [0, 0.1) is 18.6 Å². The Hall–Kier alpha value is -4.41. The highest BCUT2D eigenvalue weighted by Crippen LogP contribution is 2.44. The minimum absolute atomic E-state index is 0.0322. The average Bonchev–Trinajstić information content (AvgIpc) is 3.46. The zero-order valence-electron chi connectivity index (χ0n) is 23.9. The number of fused-ring (bicyclic) bond motifs is 1. The molecule has 1 aliphatic heterocycles. The number of pyridine rings is 1. The van der Waals surface area contributed by atoms with Gasteiger partial charge in [-0.1, -0.05) is 54.6 Å². The van der Waals surface area contributed by atoms with Gasteiger partial charge in [0, 0.05) is 29.4 Å². The molecule has 2 heterocycles. The van der Waals surface area contributed by atoms with Gasteiger partial charge in [0.25, 0.3) is 5.56 Å². The minimum Gasteiger partial charge on any atom is -0.457 e. The van der Waals surface area contributed by atoms with E-state index in [1.807, 2.05) is 36.4 Å². The van der Waals surface area contributed by atoms with Gasteiger partial charge >= 0.3 is 6.18 Å². The molecule has 230 valence electrons. The van der Waals surface area contributed by atoms with E-state index in [1.54, 1.807) is 31.2 Å². The highest BCUT2D eigenvalue weighted by Gasteiger charge is 2.38. The normalized spacial score (nSPS) is 15.1. The van der Waals surface area contributed by atoms with Crippen molar-refractivity contribution in [2.45, 2.75) is 36.6 Å². The Balaban J connectivity index is 1.53. The highest BCUT2D eigenvalue weighted by atomic mass is 32.2. The van der Waals surface area contributed by atoms with Crippen molar-refractivity contribution >= 4 is 11.8 Å². The number of benzene rings is 4. The standard InChI is InChI=1S/C35H27F5N2O2S/c1-20-25(18-26-27(35(38,39)40)13-8-14-28(26)36)34-42(30(19-45-34)32(41)21-9-4-2-5-10-21)33(43)31(20)24-16-15-23(17-29(24)37)44-22-11-6-3-7-12-22/h2-17,30,32H,18-19,41H2,1H3. The van der Waals surface area contributed by atoms with E-state index in [0.29, 0.717) is 22.1 Å². The molecule has 4 nitrogen and oxygen atoms in total.